The van der Waals surface area contributed by atoms with Crippen LogP contribution in [0.1, 0.15) is 18.4 Å². The summed E-state index contributed by atoms with van der Waals surface area (Å²) >= 11 is 0. The summed E-state index contributed by atoms with van der Waals surface area (Å²) < 4.78 is 0. The molecule has 1 saturated heterocycles. The first-order chi connectivity index (χ1) is 13.6. The van der Waals surface area contributed by atoms with Crippen molar-refractivity contribution in [2.75, 3.05) is 25.0 Å². The number of benzene rings is 1. The molecule has 7 heteroatoms. The molecule has 2 atom stereocenters. The Morgan fingerprint density at radius 1 is 1.14 bits per heavy atom. The van der Waals surface area contributed by atoms with Crippen LogP contribution in [0.3, 0.4) is 0 Å². The molecule has 28 heavy (non-hydrogen) atoms. The van der Waals surface area contributed by atoms with Gasteiger partial charge in [0.05, 0.1) is 6.04 Å². The van der Waals surface area contributed by atoms with Crippen LogP contribution in [0.15, 0.2) is 54.9 Å². The standard InChI is InChI=1S/C21H27N5O2/c22-18(15-16-5-2-1-3-6-16)21(28)26-14-4-7-19(26)20(27)25-13-12-24-17-8-10-23-11-9-17/h1-3,5-6,8-11,18-19H,4,7,12-15,22H2,(H,23,24)(H,25,27). The van der Waals surface area contributed by atoms with E-state index >= 15 is 0 Å². The Morgan fingerprint density at radius 3 is 2.64 bits per heavy atom. The van der Waals surface area contributed by atoms with Gasteiger partial charge in [-0.05, 0) is 37.0 Å². The van der Waals surface area contributed by atoms with Gasteiger partial charge in [-0.25, -0.2) is 0 Å². The van der Waals surface area contributed by atoms with Gasteiger partial charge < -0.3 is 21.3 Å². The van der Waals surface area contributed by atoms with Crippen molar-refractivity contribution in [3.05, 3.63) is 60.4 Å². The number of carbonyl (C=O) groups excluding carboxylic acids is 2. The zero-order valence-corrected chi connectivity index (χ0v) is 15.9. The number of hydrogen-bond donors (Lipinski definition) is 3. The molecular formula is C21H27N5O2. The zero-order chi connectivity index (χ0) is 19.8. The molecule has 4 N–H and O–H groups in total. The first-order valence-electron chi connectivity index (χ1n) is 9.67. The lowest BCUT2D eigenvalue weighted by Crippen LogP contribution is -2.52. The number of nitrogens with zero attached hydrogens (tertiary/aromatic N) is 2. The van der Waals surface area contributed by atoms with Gasteiger partial charge in [-0.1, -0.05) is 30.3 Å². The van der Waals surface area contributed by atoms with Crippen LogP contribution in [0.2, 0.25) is 0 Å². The first kappa shape index (κ1) is 19.8. The number of nitrogens with two attached hydrogens (primary N) is 1. The van der Waals surface area contributed by atoms with E-state index in [4.69, 9.17) is 5.73 Å². The van der Waals surface area contributed by atoms with E-state index in [0.717, 1.165) is 17.7 Å². The number of hydrogen-bond acceptors (Lipinski definition) is 5. The van der Waals surface area contributed by atoms with E-state index in [9.17, 15) is 9.59 Å². The van der Waals surface area contributed by atoms with E-state index in [1.54, 1.807) is 17.3 Å². The highest BCUT2D eigenvalue weighted by Crippen LogP contribution is 2.19. The molecule has 0 spiro atoms. The van der Waals surface area contributed by atoms with E-state index in [0.29, 0.717) is 32.5 Å². The molecule has 2 heterocycles. The van der Waals surface area contributed by atoms with Gasteiger partial charge in [-0.3, -0.25) is 14.6 Å². The Balaban J connectivity index is 1.47. The summed E-state index contributed by atoms with van der Waals surface area (Å²) in [4.78, 5) is 31.0. The summed E-state index contributed by atoms with van der Waals surface area (Å²) in [5, 5.41) is 6.13. The van der Waals surface area contributed by atoms with Gasteiger partial charge in [0.2, 0.25) is 11.8 Å². The smallest absolute Gasteiger partial charge is 0.242 e. The fraction of sp³-hybridized carbons (Fsp3) is 0.381. The van der Waals surface area contributed by atoms with Gasteiger partial charge in [-0.15, -0.1) is 0 Å². The Labute approximate surface area is 165 Å². The lowest BCUT2D eigenvalue weighted by Gasteiger charge is -2.26. The van der Waals surface area contributed by atoms with Gasteiger partial charge in [0.1, 0.15) is 6.04 Å². The quantitative estimate of drug-likeness (QED) is 0.596. The average Bonchev–Trinajstić information content (AvgIpc) is 3.22. The Hall–Kier alpha value is -2.93. The molecule has 1 aromatic heterocycles. The molecule has 0 saturated carbocycles. The van der Waals surface area contributed by atoms with Crippen LogP contribution in [0.5, 0.6) is 0 Å². The molecule has 1 aliphatic heterocycles. The summed E-state index contributed by atoms with van der Waals surface area (Å²) in [6.45, 7) is 1.66. The normalized spacial score (nSPS) is 17.2. The van der Waals surface area contributed by atoms with Gasteiger partial charge >= 0.3 is 0 Å². The number of anilines is 1. The maximum Gasteiger partial charge on any atom is 0.242 e. The molecule has 148 valence electrons. The van der Waals surface area contributed by atoms with Crippen molar-refractivity contribution in [3.8, 4) is 0 Å². The number of pyridine rings is 1. The van der Waals surface area contributed by atoms with Crippen molar-refractivity contribution in [3.63, 3.8) is 0 Å². The van der Waals surface area contributed by atoms with E-state index in [-0.39, 0.29) is 11.8 Å². The summed E-state index contributed by atoms with van der Waals surface area (Å²) in [7, 11) is 0. The monoisotopic (exact) mass is 381 g/mol. The number of nitrogens with one attached hydrogen (secondary N) is 2. The van der Waals surface area contributed by atoms with E-state index in [1.165, 1.54) is 0 Å². The molecular weight excluding hydrogens is 354 g/mol. The van der Waals surface area contributed by atoms with Crippen molar-refractivity contribution in [2.24, 2.45) is 5.73 Å². The summed E-state index contributed by atoms with van der Waals surface area (Å²) in [6, 6.07) is 12.4. The minimum atomic E-state index is -0.635. The van der Waals surface area contributed by atoms with Gasteiger partial charge in [-0.2, -0.15) is 0 Å². The van der Waals surface area contributed by atoms with Crippen LogP contribution in [-0.2, 0) is 16.0 Å². The third-order valence-corrected chi connectivity index (χ3v) is 4.89. The van der Waals surface area contributed by atoms with Crippen LogP contribution < -0.4 is 16.4 Å². The Kier molecular flexibility index (Phi) is 6.97. The highest BCUT2D eigenvalue weighted by Gasteiger charge is 2.35. The molecule has 0 radical (unpaired) electrons. The molecule has 1 aliphatic rings. The molecule has 0 bridgehead atoms. The third kappa shape index (κ3) is 5.29. The number of aromatic nitrogens is 1. The zero-order valence-electron chi connectivity index (χ0n) is 15.9. The molecule has 0 aliphatic carbocycles. The molecule has 2 amide bonds. The predicted molar refractivity (Wildman–Crippen MR) is 109 cm³/mol. The maximum absolute atomic E-state index is 12.8. The Bertz CT molecular complexity index is 769. The van der Waals surface area contributed by atoms with E-state index in [1.807, 2.05) is 42.5 Å². The largest absolute Gasteiger partial charge is 0.383 e. The summed E-state index contributed by atoms with van der Waals surface area (Å²) in [5.41, 5.74) is 8.11. The second-order valence-electron chi connectivity index (χ2n) is 6.94. The molecule has 2 unspecified atom stereocenters. The van der Waals surface area contributed by atoms with Crippen molar-refractivity contribution < 1.29 is 9.59 Å². The lowest BCUT2D eigenvalue weighted by molar-refractivity contribution is -0.139. The van der Waals surface area contributed by atoms with Crippen LogP contribution in [0.25, 0.3) is 0 Å². The van der Waals surface area contributed by atoms with Crippen molar-refractivity contribution in [2.45, 2.75) is 31.3 Å². The number of rotatable bonds is 8. The highest BCUT2D eigenvalue weighted by atomic mass is 16.2. The lowest BCUT2D eigenvalue weighted by atomic mass is 10.1. The van der Waals surface area contributed by atoms with Gasteiger partial charge in [0.15, 0.2) is 0 Å². The third-order valence-electron chi connectivity index (χ3n) is 4.89. The first-order valence-corrected chi connectivity index (χ1v) is 9.67. The maximum atomic E-state index is 12.8. The molecule has 7 nitrogen and oxygen atoms in total. The van der Waals surface area contributed by atoms with Crippen molar-refractivity contribution in [1.29, 1.82) is 0 Å². The number of amides is 2. The summed E-state index contributed by atoms with van der Waals surface area (Å²) in [5.74, 6) is -0.272. The van der Waals surface area contributed by atoms with Crippen LogP contribution >= 0.6 is 0 Å². The summed E-state index contributed by atoms with van der Waals surface area (Å²) in [6.07, 6.45) is 5.38. The molecule has 1 aromatic carbocycles. The van der Waals surface area contributed by atoms with Gasteiger partial charge in [0.25, 0.3) is 0 Å². The van der Waals surface area contributed by atoms with Gasteiger partial charge in [0, 0.05) is 37.7 Å². The van der Waals surface area contributed by atoms with E-state index in [2.05, 4.69) is 15.6 Å². The minimum Gasteiger partial charge on any atom is -0.383 e. The molecule has 1 fully saturated rings. The molecule has 2 aromatic rings. The molecule has 3 rings (SSSR count). The second-order valence-corrected chi connectivity index (χ2v) is 6.94. The van der Waals surface area contributed by atoms with Crippen LogP contribution in [-0.4, -0.2) is 53.4 Å². The fourth-order valence-corrected chi connectivity index (χ4v) is 3.45. The fourth-order valence-electron chi connectivity index (χ4n) is 3.45. The predicted octanol–water partition coefficient (Wildman–Crippen LogP) is 1.17. The van der Waals surface area contributed by atoms with E-state index < -0.39 is 12.1 Å². The van der Waals surface area contributed by atoms with Crippen molar-refractivity contribution >= 4 is 17.5 Å². The second kappa shape index (κ2) is 9.85. The SMILES string of the molecule is NC(Cc1ccccc1)C(=O)N1CCCC1C(=O)NCCNc1ccncc1. The number of likely N-dealkylation sites (tertiary alicyclic amines) is 1. The topological polar surface area (TPSA) is 100 Å². The van der Waals surface area contributed by atoms with Crippen molar-refractivity contribution in [1.82, 2.24) is 15.2 Å². The Morgan fingerprint density at radius 2 is 1.89 bits per heavy atom. The highest BCUT2D eigenvalue weighted by molar-refractivity contribution is 5.90. The number of carbonyl (C=O) groups is 2. The minimum absolute atomic E-state index is 0.116. The average molecular weight is 381 g/mol. The van der Waals surface area contributed by atoms with Crippen LogP contribution in [0.4, 0.5) is 5.69 Å². The van der Waals surface area contributed by atoms with Crippen LogP contribution in [0, 0.1) is 0 Å².